The van der Waals surface area contributed by atoms with Gasteiger partial charge in [0.15, 0.2) is 0 Å². The maximum Gasteiger partial charge on any atom is 0.277 e. The summed E-state index contributed by atoms with van der Waals surface area (Å²) in [5.74, 6) is 0.814. The molecule has 1 saturated heterocycles. The molecule has 2 aromatic heterocycles. The Morgan fingerprint density at radius 3 is 2.41 bits per heavy atom. The van der Waals surface area contributed by atoms with Gasteiger partial charge in [-0.1, -0.05) is 0 Å². The fraction of sp³-hybridized carbons (Fsp3) is 0.292. The number of fused-ring (bicyclic) bond motifs is 3. The van der Waals surface area contributed by atoms with E-state index in [9.17, 15) is 9.59 Å². The van der Waals surface area contributed by atoms with E-state index in [-0.39, 0.29) is 11.5 Å². The van der Waals surface area contributed by atoms with E-state index < -0.39 is 0 Å². The number of hydrogen-bond acceptors (Lipinski definition) is 5. The third-order valence-corrected chi connectivity index (χ3v) is 6.17. The first kappa shape index (κ1) is 20.1. The van der Waals surface area contributed by atoms with Crippen LogP contribution in [-0.2, 0) is 6.54 Å². The number of methoxy groups -OCH3 is 1. The van der Waals surface area contributed by atoms with Crippen LogP contribution in [0.4, 0.5) is 5.69 Å². The van der Waals surface area contributed by atoms with Crippen LogP contribution in [0.25, 0.3) is 16.6 Å². The lowest BCUT2D eigenvalue weighted by molar-refractivity contribution is 0.0747. The predicted molar refractivity (Wildman–Crippen MR) is 124 cm³/mol. The number of nitrogens with zero attached hydrogens (tertiary/aromatic N) is 5. The number of piperazine rings is 1. The topological polar surface area (TPSA) is 72.1 Å². The SMILES string of the molecule is CCn1c(=O)c2ccnn2c2ccc(C(=O)N3CCN(c4ccc(OC)cc4)CC3)cc21. The molecule has 2 aromatic carbocycles. The fourth-order valence-electron chi connectivity index (χ4n) is 4.41. The van der Waals surface area contributed by atoms with Gasteiger partial charge in [-0.3, -0.25) is 9.59 Å². The zero-order valence-electron chi connectivity index (χ0n) is 18.2. The summed E-state index contributed by atoms with van der Waals surface area (Å²) in [6.07, 6.45) is 1.62. The van der Waals surface area contributed by atoms with E-state index in [4.69, 9.17) is 4.74 Å². The minimum absolute atomic E-state index is 0.0167. The molecule has 164 valence electrons. The second kappa shape index (κ2) is 8.03. The van der Waals surface area contributed by atoms with Gasteiger partial charge in [0.25, 0.3) is 11.5 Å². The van der Waals surface area contributed by atoms with E-state index in [0.717, 1.165) is 35.6 Å². The molecule has 0 radical (unpaired) electrons. The van der Waals surface area contributed by atoms with Crippen molar-refractivity contribution in [2.75, 3.05) is 38.2 Å². The average Bonchev–Trinajstić information content (AvgIpc) is 3.34. The van der Waals surface area contributed by atoms with Gasteiger partial charge in [-0.05, 0) is 55.5 Å². The fourth-order valence-corrected chi connectivity index (χ4v) is 4.41. The van der Waals surface area contributed by atoms with Crippen LogP contribution in [0.1, 0.15) is 17.3 Å². The molecule has 1 aliphatic heterocycles. The van der Waals surface area contributed by atoms with Crippen molar-refractivity contribution in [2.24, 2.45) is 0 Å². The standard InChI is InChI=1S/C24H25N5O3/c1-3-28-22-16-17(4-9-20(22)29-21(24(28)31)10-11-25-29)23(30)27-14-12-26(13-15-27)18-5-7-19(32-2)8-6-18/h4-11,16H,3,12-15H2,1-2H3. The quantitative estimate of drug-likeness (QED) is 0.497. The molecule has 5 rings (SSSR count). The Morgan fingerprint density at radius 2 is 1.72 bits per heavy atom. The van der Waals surface area contributed by atoms with Crippen molar-refractivity contribution in [1.82, 2.24) is 19.1 Å². The van der Waals surface area contributed by atoms with Gasteiger partial charge in [-0.15, -0.1) is 0 Å². The number of ether oxygens (including phenoxy) is 1. The molecule has 8 nitrogen and oxygen atoms in total. The first-order valence-electron chi connectivity index (χ1n) is 10.8. The first-order valence-corrected chi connectivity index (χ1v) is 10.8. The van der Waals surface area contributed by atoms with Gasteiger partial charge in [-0.25, -0.2) is 4.52 Å². The molecule has 1 fully saturated rings. The van der Waals surface area contributed by atoms with Gasteiger partial charge >= 0.3 is 0 Å². The third-order valence-electron chi connectivity index (χ3n) is 6.17. The van der Waals surface area contributed by atoms with E-state index in [1.165, 1.54) is 0 Å². The Bertz CT molecular complexity index is 1350. The van der Waals surface area contributed by atoms with Crippen molar-refractivity contribution in [3.63, 3.8) is 0 Å². The largest absolute Gasteiger partial charge is 0.497 e. The molecule has 0 bridgehead atoms. The number of carbonyl (C=O) groups excluding carboxylic acids is 1. The van der Waals surface area contributed by atoms with E-state index in [0.29, 0.717) is 30.7 Å². The van der Waals surface area contributed by atoms with Crippen molar-refractivity contribution < 1.29 is 9.53 Å². The highest BCUT2D eigenvalue weighted by Gasteiger charge is 2.23. The van der Waals surface area contributed by atoms with Gasteiger partial charge < -0.3 is 19.1 Å². The maximum atomic E-state index is 13.2. The zero-order valence-corrected chi connectivity index (χ0v) is 18.2. The van der Waals surface area contributed by atoms with Gasteiger partial charge in [0.2, 0.25) is 0 Å². The summed E-state index contributed by atoms with van der Waals surface area (Å²) in [5.41, 5.74) is 3.68. The Labute approximate surface area is 185 Å². The highest BCUT2D eigenvalue weighted by molar-refractivity contribution is 5.97. The summed E-state index contributed by atoms with van der Waals surface area (Å²) >= 11 is 0. The molecule has 1 aliphatic rings. The second-order valence-electron chi connectivity index (χ2n) is 7.86. The number of aryl methyl sites for hydroxylation is 1. The van der Waals surface area contributed by atoms with Crippen LogP contribution >= 0.6 is 0 Å². The predicted octanol–water partition coefficient (Wildman–Crippen LogP) is 2.64. The number of aromatic nitrogens is 3. The van der Waals surface area contributed by atoms with Crippen LogP contribution in [0.3, 0.4) is 0 Å². The van der Waals surface area contributed by atoms with Crippen LogP contribution in [0.2, 0.25) is 0 Å². The smallest absolute Gasteiger partial charge is 0.277 e. The number of rotatable bonds is 4. The molecule has 3 heterocycles. The Hall–Kier alpha value is -3.81. The molecule has 0 unspecified atom stereocenters. The number of benzene rings is 2. The monoisotopic (exact) mass is 431 g/mol. The van der Waals surface area contributed by atoms with E-state index in [1.54, 1.807) is 28.5 Å². The number of carbonyl (C=O) groups is 1. The van der Waals surface area contributed by atoms with Crippen molar-refractivity contribution in [1.29, 1.82) is 0 Å². The normalized spacial score (nSPS) is 14.3. The summed E-state index contributed by atoms with van der Waals surface area (Å²) < 4.78 is 8.57. The van der Waals surface area contributed by atoms with Crippen molar-refractivity contribution in [3.8, 4) is 5.75 Å². The highest BCUT2D eigenvalue weighted by atomic mass is 16.5. The van der Waals surface area contributed by atoms with E-state index >= 15 is 0 Å². The van der Waals surface area contributed by atoms with Gasteiger partial charge in [0, 0.05) is 44.0 Å². The van der Waals surface area contributed by atoms with Crippen molar-refractivity contribution in [3.05, 3.63) is 70.6 Å². The number of hydrogen-bond donors (Lipinski definition) is 0. The third kappa shape index (κ3) is 3.28. The second-order valence-corrected chi connectivity index (χ2v) is 7.86. The van der Waals surface area contributed by atoms with Crippen molar-refractivity contribution >= 4 is 28.1 Å². The van der Waals surface area contributed by atoms with Crippen LogP contribution < -0.4 is 15.2 Å². The Balaban J connectivity index is 1.39. The van der Waals surface area contributed by atoms with Crippen LogP contribution in [-0.4, -0.2) is 58.3 Å². The van der Waals surface area contributed by atoms with Crippen LogP contribution in [0.5, 0.6) is 5.75 Å². The minimum atomic E-state index is -0.102. The highest BCUT2D eigenvalue weighted by Crippen LogP contribution is 2.22. The first-order chi connectivity index (χ1) is 15.6. The summed E-state index contributed by atoms with van der Waals surface area (Å²) in [4.78, 5) is 30.2. The molecular weight excluding hydrogens is 406 g/mol. The van der Waals surface area contributed by atoms with E-state index in [2.05, 4.69) is 10.00 Å². The number of anilines is 1. The molecule has 32 heavy (non-hydrogen) atoms. The lowest BCUT2D eigenvalue weighted by Crippen LogP contribution is -2.48. The molecule has 0 saturated carbocycles. The molecular formula is C24H25N5O3. The van der Waals surface area contributed by atoms with Gasteiger partial charge in [0.1, 0.15) is 11.3 Å². The van der Waals surface area contributed by atoms with E-state index in [1.807, 2.05) is 54.3 Å². The Kier molecular flexibility index (Phi) is 5.05. The minimum Gasteiger partial charge on any atom is -0.497 e. The molecule has 1 amide bonds. The molecule has 8 heteroatoms. The zero-order chi connectivity index (χ0) is 22.2. The van der Waals surface area contributed by atoms with Crippen molar-refractivity contribution in [2.45, 2.75) is 13.5 Å². The summed E-state index contributed by atoms with van der Waals surface area (Å²) in [6.45, 7) is 5.26. The summed E-state index contributed by atoms with van der Waals surface area (Å²) in [5, 5.41) is 4.29. The van der Waals surface area contributed by atoms with Crippen LogP contribution in [0, 0.1) is 0 Å². The Morgan fingerprint density at radius 1 is 0.969 bits per heavy atom. The average molecular weight is 431 g/mol. The molecule has 0 spiro atoms. The molecule has 0 atom stereocenters. The van der Waals surface area contributed by atoms with Gasteiger partial charge in [0.05, 0.1) is 24.3 Å². The molecule has 0 N–H and O–H groups in total. The molecule has 4 aromatic rings. The van der Waals surface area contributed by atoms with Gasteiger partial charge in [-0.2, -0.15) is 5.10 Å². The summed E-state index contributed by atoms with van der Waals surface area (Å²) in [6, 6.07) is 15.2. The summed E-state index contributed by atoms with van der Waals surface area (Å²) in [7, 11) is 1.66. The lowest BCUT2D eigenvalue weighted by atomic mass is 10.1. The maximum absolute atomic E-state index is 13.2. The number of amides is 1. The lowest BCUT2D eigenvalue weighted by Gasteiger charge is -2.36. The van der Waals surface area contributed by atoms with Crippen LogP contribution in [0.15, 0.2) is 59.5 Å². The molecule has 0 aliphatic carbocycles.